The minimum Gasteiger partial charge on any atom is -0.489 e. The smallest absolute Gasteiger partial charge is 0.283 e. The van der Waals surface area contributed by atoms with E-state index in [4.69, 9.17) is 19.6 Å². The third kappa shape index (κ3) is 4.22. The van der Waals surface area contributed by atoms with Crippen LogP contribution in [-0.4, -0.2) is 47.8 Å². The zero-order valence-corrected chi connectivity index (χ0v) is 18.8. The van der Waals surface area contributed by atoms with Crippen LogP contribution in [0.3, 0.4) is 0 Å². The first-order valence-electron chi connectivity index (χ1n) is 9.59. The summed E-state index contributed by atoms with van der Waals surface area (Å²) in [6.07, 6.45) is 2.52. The van der Waals surface area contributed by atoms with Gasteiger partial charge in [-0.05, 0) is 53.2 Å². The fourth-order valence-electron chi connectivity index (χ4n) is 3.15. The molecule has 3 aliphatic heterocycles. The van der Waals surface area contributed by atoms with E-state index in [1.165, 1.54) is 6.08 Å². The van der Waals surface area contributed by atoms with Gasteiger partial charge in [-0.3, -0.25) is 10.2 Å². The lowest BCUT2D eigenvalue weighted by atomic mass is 10.1. The number of hydrogen-bond donors (Lipinski definition) is 1. The number of aliphatic imine (C=N–C) groups is 1. The second-order valence-corrected chi connectivity index (χ2v) is 10.3. The van der Waals surface area contributed by atoms with Crippen molar-refractivity contribution in [2.45, 2.75) is 6.61 Å². The maximum atomic E-state index is 12.4. The Hall–Kier alpha value is -3.64. The van der Waals surface area contributed by atoms with Crippen LogP contribution in [0.4, 0.5) is 0 Å². The van der Waals surface area contributed by atoms with Gasteiger partial charge in [-0.15, -0.1) is 5.10 Å². The number of ether oxygens (including phenoxy) is 3. The van der Waals surface area contributed by atoms with E-state index in [0.29, 0.717) is 29.4 Å². The van der Waals surface area contributed by atoms with Crippen molar-refractivity contribution >= 4 is 49.0 Å². The number of benzene rings is 2. The van der Waals surface area contributed by atoms with Crippen molar-refractivity contribution in [3.63, 3.8) is 0 Å². The Morgan fingerprint density at radius 1 is 1.18 bits per heavy atom. The molecule has 0 unspecified atom stereocenters. The molecule has 12 heteroatoms. The van der Waals surface area contributed by atoms with E-state index in [1.807, 2.05) is 18.2 Å². The topological polar surface area (TPSA) is 131 Å². The molecule has 1 N–H and O–H groups in total. The highest BCUT2D eigenvalue weighted by Gasteiger charge is 2.38. The molecular weight excluding hydrogens is 468 g/mol. The third-order valence-electron chi connectivity index (χ3n) is 4.79. The lowest BCUT2D eigenvalue weighted by Gasteiger charge is -2.20. The molecule has 33 heavy (non-hydrogen) atoms. The molecule has 3 heterocycles. The molecule has 168 valence electrons. The quantitative estimate of drug-likeness (QED) is 0.656. The van der Waals surface area contributed by atoms with Crippen molar-refractivity contribution in [2.24, 2.45) is 10.1 Å². The van der Waals surface area contributed by atoms with Crippen molar-refractivity contribution in [3.05, 3.63) is 59.2 Å². The Bertz CT molecular complexity index is 1380. The Balaban J connectivity index is 1.29. The van der Waals surface area contributed by atoms with Crippen LogP contribution in [0.2, 0.25) is 0 Å². The van der Waals surface area contributed by atoms with Crippen LogP contribution in [0, 0.1) is 5.41 Å². The standard InChI is InChI=1S/C21H16N4O6S2/c1-33(27,28)21-24-25-18(22)15(19(26)23-20(25)32-21)8-12-2-5-14(6-3-12)29-10-13-4-7-16-17(9-13)31-11-30-16/h2-9,22H,10-11H2,1H3/b15-8-,22-18?. The monoisotopic (exact) mass is 484 g/mol. The van der Waals surface area contributed by atoms with Gasteiger partial charge < -0.3 is 14.2 Å². The van der Waals surface area contributed by atoms with E-state index in [-0.39, 0.29) is 27.7 Å². The fraction of sp³-hybridized carbons (Fsp3) is 0.143. The first kappa shape index (κ1) is 21.2. The third-order valence-corrected chi connectivity index (χ3v) is 7.36. The summed E-state index contributed by atoms with van der Waals surface area (Å²) < 4.78 is 39.7. The lowest BCUT2D eigenvalue weighted by molar-refractivity contribution is -0.114. The molecule has 0 aliphatic carbocycles. The average Bonchev–Trinajstić information content (AvgIpc) is 3.42. The van der Waals surface area contributed by atoms with Gasteiger partial charge in [0.2, 0.25) is 26.2 Å². The largest absolute Gasteiger partial charge is 0.489 e. The van der Waals surface area contributed by atoms with Crippen molar-refractivity contribution < 1.29 is 27.4 Å². The molecule has 10 nitrogen and oxygen atoms in total. The highest BCUT2D eigenvalue weighted by molar-refractivity contribution is 8.42. The lowest BCUT2D eigenvalue weighted by Crippen LogP contribution is -2.35. The molecule has 0 spiro atoms. The molecule has 0 fully saturated rings. The zero-order chi connectivity index (χ0) is 23.2. The van der Waals surface area contributed by atoms with Gasteiger partial charge in [0.15, 0.2) is 17.3 Å². The summed E-state index contributed by atoms with van der Waals surface area (Å²) in [5.41, 5.74) is 1.58. The highest BCUT2D eigenvalue weighted by atomic mass is 32.3. The average molecular weight is 485 g/mol. The molecule has 0 bridgehead atoms. The SMILES string of the molecule is CS(=O)(=O)C1=NN2C(=N)/C(=C/c3ccc(OCc4ccc5c(c4)OCO5)cc3)C(=O)N=C2S1. The van der Waals surface area contributed by atoms with Crippen LogP contribution in [0.15, 0.2) is 58.1 Å². The van der Waals surface area contributed by atoms with Gasteiger partial charge in [-0.1, -0.05) is 18.2 Å². The predicted molar refractivity (Wildman–Crippen MR) is 123 cm³/mol. The van der Waals surface area contributed by atoms with E-state index in [2.05, 4.69) is 10.1 Å². The van der Waals surface area contributed by atoms with E-state index in [1.54, 1.807) is 24.3 Å². The maximum Gasteiger partial charge on any atom is 0.283 e. The molecule has 3 aliphatic rings. The molecule has 5 rings (SSSR count). The van der Waals surface area contributed by atoms with Crippen LogP contribution in [0.5, 0.6) is 17.2 Å². The molecular formula is C21H16N4O6S2. The van der Waals surface area contributed by atoms with Gasteiger partial charge in [-0.2, -0.15) is 10.0 Å². The summed E-state index contributed by atoms with van der Waals surface area (Å²) >= 11 is 0.747. The summed E-state index contributed by atoms with van der Waals surface area (Å²) in [6.45, 7) is 0.552. The number of thioether (sulfide) groups is 1. The number of carbonyl (C=O) groups excluding carboxylic acids is 1. The van der Waals surface area contributed by atoms with Gasteiger partial charge >= 0.3 is 0 Å². The molecule has 2 aromatic rings. The van der Waals surface area contributed by atoms with Gasteiger partial charge in [0, 0.05) is 6.26 Å². The molecule has 2 aromatic carbocycles. The van der Waals surface area contributed by atoms with Crippen LogP contribution in [-0.2, 0) is 21.2 Å². The van der Waals surface area contributed by atoms with Crippen molar-refractivity contribution in [2.75, 3.05) is 13.0 Å². The highest BCUT2D eigenvalue weighted by Crippen LogP contribution is 2.33. The van der Waals surface area contributed by atoms with Crippen LogP contribution < -0.4 is 14.2 Å². The number of nitrogens with one attached hydrogen (secondary N) is 1. The summed E-state index contributed by atoms with van der Waals surface area (Å²) in [7, 11) is -3.58. The van der Waals surface area contributed by atoms with Crippen molar-refractivity contribution in [3.8, 4) is 17.2 Å². The first-order chi connectivity index (χ1) is 15.8. The van der Waals surface area contributed by atoms with Crippen LogP contribution in [0.25, 0.3) is 6.08 Å². The Morgan fingerprint density at radius 2 is 1.94 bits per heavy atom. The number of nitrogens with zero attached hydrogens (tertiary/aromatic N) is 3. The number of hydrogen-bond acceptors (Lipinski definition) is 9. The summed E-state index contributed by atoms with van der Waals surface area (Å²) in [4.78, 5) is 16.3. The van der Waals surface area contributed by atoms with Gasteiger partial charge in [0.05, 0.1) is 5.57 Å². The zero-order valence-electron chi connectivity index (χ0n) is 17.1. The summed E-state index contributed by atoms with van der Waals surface area (Å²) in [6, 6.07) is 12.6. The fourth-order valence-corrected chi connectivity index (χ4v) is 4.83. The first-order valence-corrected chi connectivity index (χ1v) is 12.3. The van der Waals surface area contributed by atoms with Crippen molar-refractivity contribution in [1.29, 1.82) is 5.41 Å². The van der Waals surface area contributed by atoms with Gasteiger partial charge in [0.25, 0.3) is 5.91 Å². The molecule has 0 radical (unpaired) electrons. The number of carbonyl (C=O) groups is 1. The predicted octanol–water partition coefficient (Wildman–Crippen LogP) is 2.62. The Kier molecular flexibility index (Phi) is 5.17. The minimum absolute atomic E-state index is 0.00637. The molecule has 0 saturated carbocycles. The number of hydrazone groups is 1. The molecule has 0 atom stereocenters. The Labute approximate surface area is 193 Å². The number of fused-ring (bicyclic) bond motifs is 2. The second-order valence-electron chi connectivity index (χ2n) is 7.20. The number of amides is 1. The van der Waals surface area contributed by atoms with E-state index in [0.717, 1.165) is 28.6 Å². The van der Waals surface area contributed by atoms with Crippen molar-refractivity contribution in [1.82, 2.24) is 5.01 Å². The normalized spacial score (nSPS) is 18.3. The van der Waals surface area contributed by atoms with E-state index < -0.39 is 15.7 Å². The second kappa shape index (κ2) is 8.05. The van der Waals surface area contributed by atoms with Crippen LogP contribution in [0.1, 0.15) is 11.1 Å². The van der Waals surface area contributed by atoms with Crippen LogP contribution >= 0.6 is 11.8 Å². The van der Waals surface area contributed by atoms with E-state index in [9.17, 15) is 13.2 Å². The molecule has 0 aromatic heterocycles. The minimum atomic E-state index is -3.58. The number of sulfone groups is 1. The molecule has 1 amide bonds. The maximum absolute atomic E-state index is 12.4. The number of amidine groups is 2. The summed E-state index contributed by atoms with van der Waals surface area (Å²) in [5, 5.41) is 13.3. The number of rotatable bonds is 4. The van der Waals surface area contributed by atoms with Gasteiger partial charge in [0.1, 0.15) is 12.4 Å². The summed E-state index contributed by atoms with van der Waals surface area (Å²) in [5.74, 6) is 1.15. The Morgan fingerprint density at radius 3 is 2.70 bits per heavy atom. The molecule has 0 saturated heterocycles. The van der Waals surface area contributed by atoms with E-state index >= 15 is 0 Å². The van der Waals surface area contributed by atoms with Gasteiger partial charge in [-0.25, -0.2) is 8.42 Å².